The van der Waals surface area contributed by atoms with Crippen LogP contribution in [0.1, 0.15) is 30.1 Å². The van der Waals surface area contributed by atoms with Crippen LogP contribution in [0.15, 0.2) is 60.0 Å². The van der Waals surface area contributed by atoms with E-state index in [9.17, 15) is 22.0 Å². The van der Waals surface area contributed by atoms with Crippen molar-refractivity contribution in [2.45, 2.75) is 42.2 Å². The molecule has 0 N–H and O–H groups in total. The lowest BCUT2D eigenvalue weighted by Gasteiger charge is -2.26. The molecule has 1 aliphatic carbocycles. The molecule has 5 rings (SSSR count). The number of alkyl halides is 2. The molecule has 9 nitrogen and oxygen atoms in total. The Balaban J connectivity index is 1.46. The van der Waals surface area contributed by atoms with Crippen molar-refractivity contribution in [1.82, 2.24) is 14.3 Å². The van der Waals surface area contributed by atoms with Crippen LogP contribution in [0.5, 0.6) is 11.5 Å². The molecule has 1 saturated heterocycles. The minimum absolute atomic E-state index is 0.0181. The minimum atomic E-state index is -4.05. The zero-order valence-electron chi connectivity index (χ0n) is 21.9. The maximum atomic E-state index is 13.6. The Morgan fingerprint density at radius 2 is 1.86 bits per heavy atom. The van der Waals surface area contributed by atoms with E-state index in [2.05, 4.69) is 14.7 Å². The number of carbonyl (C=O) groups excluding carboxylic acids is 1. The first-order chi connectivity index (χ1) is 20.1. The van der Waals surface area contributed by atoms with Crippen molar-refractivity contribution < 1.29 is 36.2 Å². The number of benzene rings is 1. The molecule has 1 aliphatic heterocycles. The number of hydrogen-bond acceptors (Lipinski definition) is 9. The number of pyridine rings is 2. The van der Waals surface area contributed by atoms with Crippen LogP contribution in [0.2, 0.25) is 10.0 Å². The summed E-state index contributed by atoms with van der Waals surface area (Å²) in [4.78, 5) is 21.4. The van der Waals surface area contributed by atoms with Crippen molar-refractivity contribution in [3.05, 3.63) is 76.3 Å². The van der Waals surface area contributed by atoms with Gasteiger partial charge in [-0.2, -0.15) is 13.1 Å². The van der Waals surface area contributed by atoms with E-state index in [1.807, 2.05) is 0 Å². The summed E-state index contributed by atoms with van der Waals surface area (Å²) in [5.74, 6) is -0.235. The van der Waals surface area contributed by atoms with E-state index < -0.39 is 34.1 Å². The lowest BCUT2D eigenvalue weighted by molar-refractivity contribution is -0.150. The van der Waals surface area contributed by atoms with Gasteiger partial charge in [0.2, 0.25) is 10.0 Å². The summed E-state index contributed by atoms with van der Waals surface area (Å²) in [5.41, 5.74) is 0.808. The normalized spacial score (nSPS) is 18.2. The summed E-state index contributed by atoms with van der Waals surface area (Å²) < 4.78 is 70.3. The van der Waals surface area contributed by atoms with E-state index in [0.29, 0.717) is 29.4 Å². The Morgan fingerprint density at radius 1 is 1.10 bits per heavy atom. The number of thioether (sulfide) groups is 1. The second kappa shape index (κ2) is 13.3. The van der Waals surface area contributed by atoms with Crippen molar-refractivity contribution in [3.8, 4) is 11.5 Å². The van der Waals surface area contributed by atoms with E-state index in [4.69, 9.17) is 32.7 Å². The van der Waals surface area contributed by atoms with Gasteiger partial charge >= 0.3 is 12.6 Å². The van der Waals surface area contributed by atoms with Crippen molar-refractivity contribution in [2.75, 3.05) is 18.9 Å². The van der Waals surface area contributed by atoms with E-state index in [-0.39, 0.29) is 39.4 Å². The molecule has 0 radical (unpaired) electrons. The quantitative estimate of drug-likeness (QED) is 0.224. The molecule has 42 heavy (non-hydrogen) atoms. The van der Waals surface area contributed by atoms with E-state index in [1.54, 1.807) is 0 Å². The molecule has 0 bridgehead atoms. The molecular weight excluding hydrogens is 635 g/mol. The first-order valence-electron chi connectivity index (χ1n) is 12.9. The second-order valence-corrected chi connectivity index (χ2v) is 13.5. The van der Waals surface area contributed by atoms with Gasteiger partial charge in [-0.3, -0.25) is 9.97 Å². The van der Waals surface area contributed by atoms with Crippen LogP contribution in [-0.2, 0) is 26.0 Å². The van der Waals surface area contributed by atoms with Crippen LogP contribution in [0.3, 0.4) is 0 Å². The van der Waals surface area contributed by atoms with Gasteiger partial charge in [0.25, 0.3) is 0 Å². The maximum Gasteiger partial charge on any atom is 0.387 e. The van der Waals surface area contributed by atoms with Gasteiger partial charge in [0.05, 0.1) is 16.7 Å². The molecule has 2 atom stereocenters. The molecule has 2 aromatic heterocycles. The van der Waals surface area contributed by atoms with Gasteiger partial charge in [0.1, 0.15) is 11.0 Å². The lowest BCUT2D eigenvalue weighted by Crippen LogP contribution is -2.40. The van der Waals surface area contributed by atoms with Crippen molar-refractivity contribution in [1.29, 1.82) is 0 Å². The summed E-state index contributed by atoms with van der Waals surface area (Å²) >= 11 is 13.9. The smallest absolute Gasteiger partial charge is 0.387 e. The molecule has 1 unspecified atom stereocenters. The number of hydrogen-bond donors (Lipinski definition) is 0. The molecule has 3 aromatic rings. The summed E-state index contributed by atoms with van der Waals surface area (Å²) in [7, 11) is -4.05. The van der Waals surface area contributed by atoms with Crippen LogP contribution >= 0.6 is 35.0 Å². The Kier molecular flexibility index (Phi) is 9.73. The third kappa shape index (κ3) is 7.25. The lowest BCUT2D eigenvalue weighted by atomic mass is 10.0. The molecule has 3 heterocycles. The van der Waals surface area contributed by atoms with Gasteiger partial charge < -0.3 is 14.2 Å². The zero-order valence-corrected chi connectivity index (χ0v) is 25.0. The fourth-order valence-corrected chi connectivity index (χ4v) is 7.82. The predicted octanol–water partition coefficient (Wildman–Crippen LogP) is 5.76. The molecule has 2 aliphatic rings. The maximum absolute atomic E-state index is 13.6. The Hall–Kier alpha value is -2.71. The number of carbonyl (C=O) groups is 1. The van der Waals surface area contributed by atoms with Crippen LogP contribution in [0, 0.1) is 5.92 Å². The standard InChI is InChI=1S/C27H25Cl2F2N3O6S2/c28-20-13-33-14-21(29)19(20)11-23(17-5-6-22(40-27(30)31)24(10-17)38-15-16-3-4-16)39-26(35)25-34(8-9-41-25)42(36,37)18-2-1-7-32-12-18/h1-2,5-7,10,12-14,16,23,25,27H,3-4,8-9,11,15H2/t23?,25-/m0/s1. The van der Waals surface area contributed by atoms with E-state index in [1.165, 1.54) is 55.1 Å². The van der Waals surface area contributed by atoms with Gasteiger partial charge in [0, 0.05) is 43.5 Å². The Morgan fingerprint density at radius 3 is 2.52 bits per heavy atom. The Bertz CT molecular complexity index is 1510. The molecule has 1 saturated carbocycles. The SMILES string of the molecule is O=C(OC(Cc1c(Cl)cncc1Cl)c1ccc(OC(F)F)c(OCC2CC2)c1)[C@@H]1SCCN1S(=O)(=O)c1cccnc1. The molecule has 2 fully saturated rings. The van der Waals surface area contributed by atoms with Crippen LogP contribution in [-0.4, -0.2) is 59.6 Å². The van der Waals surface area contributed by atoms with Crippen LogP contribution < -0.4 is 9.47 Å². The highest BCUT2D eigenvalue weighted by Crippen LogP contribution is 2.39. The van der Waals surface area contributed by atoms with Crippen LogP contribution in [0.25, 0.3) is 0 Å². The minimum Gasteiger partial charge on any atom is -0.489 e. The number of esters is 1. The topological polar surface area (TPSA) is 108 Å². The van der Waals surface area contributed by atoms with Crippen LogP contribution in [0.4, 0.5) is 8.78 Å². The first-order valence-corrected chi connectivity index (χ1v) is 16.1. The number of aromatic nitrogens is 2. The third-order valence-corrected chi connectivity index (χ3v) is 10.4. The number of rotatable bonds is 12. The monoisotopic (exact) mass is 659 g/mol. The molecule has 1 aromatic carbocycles. The van der Waals surface area contributed by atoms with E-state index >= 15 is 0 Å². The van der Waals surface area contributed by atoms with Gasteiger partial charge in [-0.25, -0.2) is 13.2 Å². The van der Waals surface area contributed by atoms with Crippen molar-refractivity contribution in [2.24, 2.45) is 5.92 Å². The number of ether oxygens (including phenoxy) is 3. The second-order valence-electron chi connectivity index (χ2n) is 9.58. The summed E-state index contributed by atoms with van der Waals surface area (Å²) in [5, 5.41) is -0.724. The number of sulfonamides is 1. The molecule has 0 amide bonds. The highest BCUT2D eigenvalue weighted by atomic mass is 35.5. The van der Waals surface area contributed by atoms with Crippen molar-refractivity contribution >= 4 is 51.0 Å². The predicted molar refractivity (Wildman–Crippen MR) is 152 cm³/mol. The highest BCUT2D eigenvalue weighted by Gasteiger charge is 2.42. The fourth-order valence-electron chi connectivity index (χ4n) is 4.29. The molecule has 224 valence electrons. The zero-order chi connectivity index (χ0) is 29.9. The number of nitrogens with zero attached hydrogens (tertiary/aromatic N) is 3. The van der Waals surface area contributed by atoms with Crippen molar-refractivity contribution in [3.63, 3.8) is 0 Å². The van der Waals surface area contributed by atoms with Gasteiger partial charge in [0.15, 0.2) is 16.9 Å². The summed E-state index contributed by atoms with van der Waals surface area (Å²) in [6.45, 7) is -2.67. The molecule has 0 spiro atoms. The third-order valence-electron chi connectivity index (χ3n) is 6.62. The van der Waals surface area contributed by atoms with E-state index in [0.717, 1.165) is 28.9 Å². The number of halogens is 4. The first kappa shape index (κ1) is 30.7. The highest BCUT2D eigenvalue weighted by molar-refractivity contribution is 8.02. The largest absolute Gasteiger partial charge is 0.489 e. The fraction of sp³-hybridized carbons (Fsp3) is 0.370. The average Bonchev–Trinajstić information content (AvgIpc) is 3.65. The Labute approximate surface area is 255 Å². The van der Waals surface area contributed by atoms with Gasteiger partial charge in [-0.05, 0) is 54.2 Å². The summed E-state index contributed by atoms with van der Waals surface area (Å²) in [6, 6.07) is 7.13. The molecular formula is C27H25Cl2F2N3O6S2. The summed E-state index contributed by atoms with van der Waals surface area (Å²) in [6.07, 6.45) is 6.31. The molecule has 15 heteroatoms. The van der Waals surface area contributed by atoms with Gasteiger partial charge in [-0.15, -0.1) is 11.8 Å². The van der Waals surface area contributed by atoms with Gasteiger partial charge in [-0.1, -0.05) is 29.3 Å². The average molecular weight is 661 g/mol.